The molecule has 126 valence electrons. The molecule has 1 aliphatic rings. The van der Waals surface area contributed by atoms with Crippen LogP contribution in [0.4, 0.5) is 4.39 Å². The molecule has 1 aromatic rings. The van der Waals surface area contributed by atoms with E-state index >= 15 is 0 Å². The molecule has 2 amide bonds. The molecule has 0 aromatic heterocycles. The van der Waals surface area contributed by atoms with Crippen molar-refractivity contribution in [3.05, 3.63) is 35.6 Å². The summed E-state index contributed by atoms with van der Waals surface area (Å²) in [6.45, 7) is 4.16. The molecule has 1 fully saturated rings. The Bertz CT molecular complexity index is 522. The molecule has 4 nitrogen and oxygen atoms in total. The maximum atomic E-state index is 12.9. The van der Waals surface area contributed by atoms with Gasteiger partial charge in [0.25, 0.3) is 5.91 Å². The van der Waals surface area contributed by atoms with Crippen LogP contribution >= 0.6 is 0 Å². The van der Waals surface area contributed by atoms with Gasteiger partial charge in [-0.2, -0.15) is 0 Å². The van der Waals surface area contributed by atoms with Crippen molar-refractivity contribution in [2.24, 2.45) is 5.92 Å². The second-order valence-corrected chi connectivity index (χ2v) is 6.13. The van der Waals surface area contributed by atoms with Crippen LogP contribution in [0, 0.1) is 11.7 Å². The zero-order valence-corrected chi connectivity index (χ0v) is 13.7. The molecule has 1 saturated heterocycles. The van der Waals surface area contributed by atoms with Crippen molar-refractivity contribution in [1.82, 2.24) is 10.2 Å². The van der Waals surface area contributed by atoms with Gasteiger partial charge in [0.05, 0.1) is 0 Å². The average Bonchev–Trinajstić information content (AvgIpc) is 2.56. The normalized spacial score (nSPS) is 15.5. The van der Waals surface area contributed by atoms with Gasteiger partial charge in [-0.1, -0.05) is 6.92 Å². The van der Waals surface area contributed by atoms with E-state index in [-0.39, 0.29) is 17.6 Å². The van der Waals surface area contributed by atoms with E-state index in [1.807, 2.05) is 11.8 Å². The number of likely N-dealkylation sites (tertiary alicyclic amines) is 1. The number of hydrogen-bond donors (Lipinski definition) is 1. The van der Waals surface area contributed by atoms with Gasteiger partial charge in [-0.3, -0.25) is 9.59 Å². The Hall–Kier alpha value is -1.91. The number of piperidine rings is 1. The fraction of sp³-hybridized carbons (Fsp3) is 0.556. The Morgan fingerprint density at radius 1 is 1.22 bits per heavy atom. The van der Waals surface area contributed by atoms with Gasteiger partial charge < -0.3 is 10.2 Å². The molecule has 2 rings (SSSR count). The largest absolute Gasteiger partial charge is 0.356 e. The zero-order chi connectivity index (χ0) is 16.7. The van der Waals surface area contributed by atoms with E-state index in [0.717, 1.165) is 45.3 Å². The van der Waals surface area contributed by atoms with Gasteiger partial charge in [0.15, 0.2) is 0 Å². The van der Waals surface area contributed by atoms with Gasteiger partial charge >= 0.3 is 0 Å². The minimum atomic E-state index is -0.328. The summed E-state index contributed by atoms with van der Waals surface area (Å²) in [7, 11) is 0. The Kier molecular flexibility index (Phi) is 6.56. The third-order valence-electron chi connectivity index (χ3n) is 4.34. The Balaban J connectivity index is 1.72. The van der Waals surface area contributed by atoms with Crippen molar-refractivity contribution in [2.75, 3.05) is 19.6 Å². The molecule has 0 bridgehead atoms. The Morgan fingerprint density at radius 2 is 1.87 bits per heavy atom. The summed E-state index contributed by atoms with van der Waals surface area (Å²) in [6.07, 6.45) is 4.33. The number of nitrogens with one attached hydrogen (secondary N) is 1. The fourth-order valence-electron chi connectivity index (χ4n) is 2.93. The molecule has 23 heavy (non-hydrogen) atoms. The first-order chi connectivity index (χ1) is 11.1. The van der Waals surface area contributed by atoms with Crippen LogP contribution in [0.2, 0.25) is 0 Å². The third kappa shape index (κ3) is 5.34. The number of halogens is 1. The van der Waals surface area contributed by atoms with Crippen molar-refractivity contribution in [3.8, 4) is 0 Å². The van der Waals surface area contributed by atoms with Gasteiger partial charge in [-0.05, 0) is 55.9 Å². The van der Waals surface area contributed by atoms with Crippen LogP contribution in [-0.4, -0.2) is 36.3 Å². The molecular weight excluding hydrogens is 295 g/mol. The molecule has 1 aromatic carbocycles. The molecule has 1 heterocycles. The molecule has 0 saturated carbocycles. The van der Waals surface area contributed by atoms with Crippen molar-refractivity contribution in [3.63, 3.8) is 0 Å². The number of carbonyl (C=O) groups is 2. The van der Waals surface area contributed by atoms with E-state index in [2.05, 4.69) is 5.32 Å². The van der Waals surface area contributed by atoms with Gasteiger partial charge in [-0.15, -0.1) is 0 Å². The standard InChI is InChI=1S/C18H25FN2O2/c1-2-3-17(22)20-11-8-14-9-12-21(13-10-14)18(23)15-4-6-16(19)7-5-15/h4-7,14H,2-3,8-13H2,1H3,(H,20,22). The molecule has 1 aliphatic heterocycles. The third-order valence-corrected chi connectivity index (χ3v) is 4.34. The van der Waals surface area contributed by atoms with Crippen LogP contribution < -0.4 is 5.32 Å². The average molecular weight is 320 g/mol. The molecule has 0 radical (unpaired) electrons. The summed E-state index contributed by atoms with van der Waals surface area (Å²) < 4.78 is 12.9. The van der Waals surface area contributed by atoms with Crippen molar-refractivity contribution >= 4 is 11.8 Å². The van der Waals surface area contributed by atoms with E-state index < -0.39 is 0 Å². The lowest BCUT2D eigenvalue weighted by molar-refractivity contribution is -0.121. The highest BCUT2D eigenvalue weighted by Crippen LogP contribution is 2.21. The van der Waals surface area contributed by atoms with Crippen molar-refractivity contribution in [1.29, 1.82) is 0 Å². The lowest BCUT2D eigenvalue weighted by Gasteiger charge is -2.32. The first-order valence-electron chi connectivity index (χ1n) is 8.41. The summed E-state index contributed by atoms with van der Waals surface area (Å²) in [6, 6.07) is 5.71. The van der Waals surface area contributed by atoms with Crippen LogP contribution in [-0.2, 0) is 4.79 Å². The van der Waals surface area contributed by atoms with Crippen LogP contribution in [0.25, 0.3) is 0 Å². The monoisotopic (exact) mass is 320 g/mol. The number of carbonyl (C=O) groups excluding carboxylic acids is 2. The Morgan fingerprint density at radius 3 is 2.48 bits per heavy atom. The zero-order valence-electron chi connectivity index (χ0n) is 13.7. The second-order valence-electron chi connectivity index (χ2n) is 6.13. The first-order valence-corrected chi connectivity index (χ1v) is 8.41. The predicted octanol–water partition coefficient (Wildman–Crippen LogP) is 2.98. The number of hydrogen-bond acceptors (Lipinski definition) is 2. The topological polar surface area (TPSA) is 49.4 Å². The minimum absolute atomic E-state index is 0.0281. The number of nitrogens with zero attached hydrogens (tertiary/aromatic N) is 1. The molecular formula is C18H25FN2O2. The SMILES string of the molecule is CCCC(=O)NCCC1CCN(C(=O)c2ccc(F)cc2)CC1. The lowest BCUT2D eigenvalue weighted by atomic mass is 9.93. The maximum absolute atomic E-state index is 12.9. The fourth-order valence-corrected chi connectivity index (χ4v) is 2.93. The van der Waals surface area contributed by atoms with Crippen LogP contribution in [0.5, 0.6) is 0 Å². The lowest BCUT2D eigenvalue weighted by Crippen LogP contribution is -2.39. The van der Waals surface area contributed by atoms with Crippen molar-refractivity contribution < 1.29 is 14.0 Å². The molecule has 5 heteroatoms. The maximum Gasteiger partial charge on any atom is 0.253 e. The van der Waals surface area contributed by atoms with E-state index in [0.29, 0.717) is 17.9 Å². The van der Waals surface area contributed by atoms with Crippen LogP contribution in [0.15, 0.2) is 24.3 Å². The minimum Gasteiger partial charge on any atom is -0.356 e. The van der Waals surface area contributed by atoms with Gasteiger partial charge in [0.1, 0.15) is 5.82 Å². The highest BCUT2D eigenvalue weighted by atomic mass is 19.1. The predicted molar refractivity (Wildman–Crippen MR) is 87.6 cm³/mol. The van der Waals surface area contributed by atoms with Gasteiger partial charge in [0, 0.05) is 31.6 Å². The molecule has 0 spiro atoms. The second kappa shape index (κ2) is 8.65. The van der Waals surface area contributed by atoms with Crippen molar-refractivity contribution in [2.45, 2.75) is 39.0 Å². The summed E-state index contributed by atoms with van der Waals surface area (Å²) in [5.74, 6) is 0.315. The molecule has 0 aliphatic carbocycles. The van der Waals surface area contributed by atoms with Crippen LogP contribution in [0.1, 0.15) is 49.4 Å². The molecule has 0 atom stereocenters. The summed E-state index contributed by atoms with van der Waals surface area (Å²) in [5, 5.41) is 2.94. The smallest absolute Gasteiger partial charge is 0.253 e. The highest BCUT2D eigenvalue weighted by Gasteiger charge is 2.23. The van der Waals surface area contributed by atoms with Crippen LogP contribution in [0.3, 0.4) is 0 Å². The quantitative estimate of drug-likeness (QED) is 0.876. The molecule has 0 unspecified atom stereocenters. The van der Waals surface area contributed by atoms with E-state index in [1.54, 1.807) is 0 Å². The number of amides is 2. The highest BCUT2D eigenvalue weighted by molar-refractivity contribution is 5.94. The molecule has 1 N–H and O–H groups in total. The summed E-state index contributed by atoms with van der Waals surface area (Å²) in [5.41, 5.74) is 0.539. The van der Waals surface area contributed by atoms with Gasteiger partial charge in [0.2, 0.25) is 5.91 Å². The summed E-state index contributed by atoms with van der Waals surface area (Å²) in [4.78, 5) is 25.6. The van der Waals surface area contributed by atoms with E-state index in [1.165, 1.54) is 24.3 Å². The van der Waals surface area contributed by atoms with E-state index in [4.69, 9.17) is 0 Å². The van der Waals surface area contributed by atoms with Gasteiger partial charge in [-0.25, -0.2) is 4.39 Å². The van der Waals surface area contributed by atoms with E-state index in [9.17, 15) is 14.0 Å². The number of benzene rings is 1. The number of rotatable bonds is 6. The summed E-state index contributed by atoms with van der Waals surface area (Å²) >= 11 is 0. The Labute approximate surface area is 137 Å². The first kappa shape index (κ1) is 17.4.